The summed E-state index contributed by atoms with van der Waals surface area (Å²) in [6.45, 7) is 2.01. The van der Waals surface area contributed by atoms with Gasteiger partial charge in [-0.05, 0) is 6.42 Å². The zero-order valence-corrected chi connectivity index (χ0v) is 8.90. The molecule has 1 heterocycles. The van der Waals surface area contributed by atoms with E-state index in [0.29, 0.717) is 0 Å². The van der Waals surface area contributed by atoms with Crippen LogP contribution in [0.4, 0.5) is 5.13 Å². The van der Waals surface area contributed by atoms with Crippen molar-refractivity contribution in [2.75, 3.05) is 19.0 Å². The SMILES string of the molecule is CCc1nc(N(C)C)sc1C(=N)N. The number of amidine groups is 1. The molecule has 0 atom stereocenters. The molecule has 0 aliphatic carbocycles. The number of aryl methyl sites for hydroxylation is 1. The van der Waals surface area contributed by atoms with Crippen LogP contribution in [-0.4, -0.2) is 24.9 Å². The third-order valence-electron chi connectivity index (χ3n) is 1.65. The molecule has 0 aromatic carbocycles. The van der Waals surface area contributed by atoms with Crippen molar-refractivity contribution in [2.45, 2.75) is 13.3 Å². The van der Waals surface area contributed by atoms with Gasteiger partial charge in [-0.2, -0.15) is 0 Å². The summed E-state index contributed by atoms with van der Waals surface area (Å²) in [7, 11) is 3.87. The number of nitrogens with one attached hydrogen (secondary N) is 1. The first kappa shape index (κ1) is 9.98. The zero-order valence-electron chi connectivity index (χ0n) is 8.09. The van der Waals surface area contributed by atoms with Crippen LogP contribution >= 0.6 is 11.3 Å². The van der Waals surface area contributed by atoms with Crippen molar-refractivity contribution in [3.63, 3.8) is 0 Å². The molecular weight excluding hydrogens is 184 g/mol. The lowest BCUT2D eigenvalue weighted by atomic mass is 10.3. The summed E-state index contributed by atoms with van der Waals surface area (Å²) in [6, 6.07) is 0. The smallest absolute Gasteiger partial charge is 0.185 e. The van der Waals surface area contributed by atoms with Crippen molar-refractivity contribution in [3.05, 3.63) is 10.6 Å². The van der Waals surface area contributed by atoms with Gasteiger partial charge in [-0.15, -0.1) is 0 Å². The van der Waals surface area contributed by atoms with Gasteiger partial charge in [0.15, 0.2) is 5.13 Å². The van der Waals surface area contributed by atoms with Crippen molar-refractivity contribution in [1.82, 2.24) is 4.98 Å². The highest BCUT2D eigenvalue weighted by Gasteiger charge is 2.12. The first-order valence-corrected chi connectivity index (χ1v) is 4.89. The summed E-state index contributed by atoms with van der Waals surface area (Å²) < 4.78 is 0. The number of rotatable bonds is 3. The predicted octanol–water partition coefficient (Wildman–Crippen LogP) is 1.06. The van der Waals surface area contributed by atoms with E-state index >= 15 is 0 Å². The van der Waals surface area contributed by atoms with E-state index in [2.05, 4.69) is 4.98 Å². The first-order valence-electron chi connectivity index (χ1n) is 4.07. The van der Waals surface area contributed by atoms with Gasteiger partial charge >= 0.3 is 0 Å². The maximum absolute atomic E-state index is 7.36. The van der Waals surface area contributed by atoms with Gasteiger partial charge in [0.05, 0.1) is 10.6 Å². The first-order chi connectivity index (χ1) is 6.06. The molecule has 5 heteroatoms. The number of nitrogens with two attached hydrogens (primary N) is 1. The van der Waals surface area contributed by atoms with Crippen molar-refractivity contribution < 1.29 is 0 Å². The normalized spacial score (nSPS) is 10.1. The number of thiazole rings is 1. The van der Waals surface area contributed by atoms with Crippen molar-refractivity contribution in [3.8, 4) is 0 Å². The molecule has 4 nitrogen and oxygen atoms in total. The summed E-state index contributed by atoms with van der Waals surface area (Å²) in [5.74, 6) is 0.113. The molecule has 0 saturated carbocycles. The summed E-state index contributed by atoms with van der Waals surface area (Å²) in [6.07, 6.45) is 0.819. The Labute approximate surface area is 81.9 Å². The zero-order chi connectivity index (χ0) is 10.0. The van der Waals surface area contributed by atoms with E-state index in [9.17, 15) is 0 Å². The van der Waals surface area contributed by atoms with Crippen LogP contribution in [0.25, 0.3) is 0 Å². The van der Waals surface area contributed by atoms with Gasteiger partial charge in [0.25, 0.3) is 0 Å². The highest BCUT2D eigenvalue weighted by molar-refractivity contribution is 7.17. The Bertz CT molecular complexity index is 316. The lowest BCUT2D eigenvalue weighted by molar-refractivity contribution is 1.02. The lowest BCUT2D eigenvalue weighted by Crippen LogP contribution is -2.11. The van der Waals surface area contributed by atoms with Crippen LogP contribution in [-0.2, 0) is 6.42 Å². The summed E-state index contributed by atoms with van der Waals surface area (Å²) in [5.41, 5.74) is 6.36. The third kappa shape index (κ3) is 1.98. The Morgan fingerprint density at radius 1 is 1.62 bits per heavy atom. The van der Waals surface area contributed by atoms with Gasteiger partial charge in [0.2, 0.25) is 0 Å². The highest BCUT2D eigenvalue weighted by atomic mass is 32.1. The van der Waals surface area contributed by atoms with Crippen LogP contribution in [0.1, 0.15) is 17.5 Å². The number of nitrogen functional groups attached to an aromatic ring is 1. The van der Waals surface area contributed by atoms with Gasteiger partial charge in [0.1, 0.15) is 5.84 Å². The summed E-state index contributed by atoms with van der Waals surface area (Å²) in [5, 5.41) is 8.27. The fourth-order valence-corrected chi connectivity index (χ4v) is 1.92. The van der Waals surface area contributed by atoms with Crippen molar-refractivity contribution in [1.29, 1.82) is 5.41 Å². The van der Waals surface area contributed by atoms with Crippen LogP contribution in [0.5, 0.6) is 0 Å². The predicted molar refractivity (Wildman–Crippen MR) is 56.8 cm³/mol. The third-order valence-corrected chi connectivity index (χ3v) is 2.95. The molecule has 1 rings (SSSR count). The molecule has 0 fully saturated rings. The van der Waals surface area contributed by atoms with Crippen LogP contribution in [0.3, 0.4) is 0 Å². The van der Waals surface area contributed by atoms with Crippen molar-refractivity contribution in [2.24, 2.45) is 5.73 Å². The van der Waals surface area contributed by atoms with Crippen LogP contribution in [0.15, 0.2) is 0 Å². The maximum Gasteiger partial charge on any atom is 0.185 e. The molecule has 0 radical (unpaired) electrons. The van der Waals surface area contributed by atoms with E-state index < -0.39 is 0 Å². The van der Waals surface area contributed by atoms with Gasteiger partial charge < -0.3 is 10.6 Å². The van der Waals surface area contributed by atoms with Gasteiger partial charge in [-0.25, -0.2) is 4.98 Å². The molecule has 3 N–H and O–H groups in total. The number of hydrogen-bond donors (Lipinski definition) is 2. The second kappa shape index (κ2) is 3.74. The second-order valence-corrected chi connectivity index (χ2v) is 3.91. The fourth-order valence-electron chi connectivity index (χ4n) is 0.981. The molecule has 0 spiro atoms. The molecule has 1 aromatic heterocycles. The van der Waals surface area contributed by atoms with Crippen LogP contribution in [0.2, 0.25) is 0 Å². The Morgan fingerprint density at radius 2 is 2.23 bits per heavy atom. The minimum Gasteiger partial charge on any atom is -0.383 e. The molecule has 13 heavy (non-hydrogen) atoms. The molecular formula is C8H14N4S. The fraction of sp³-hybridized carbons (Fsp3) is 0.500. The van der Waals surface area contributed by atoms with Crippen LogP contribution < -0.4 is 10.6 Å². The molecule has 0 aliphatic heterocycles. The minimum atomic E-state index is 0.113. The maximum atomic E-state index is 7.36. The molecule has 0 amide bonds. The Hall–Kier alpha value is -1.10. The molecule has 0 aliphatic rings. The highest BCUT2D eigenvalue weighted by Crippen LogP contribution is 2.24. The Kier molecular flexibility index (Phi) is 2.87. The van der Waals surface area contributed by atoms with E-state index in [0.717, 1.165) is 22.1 Å². The lowest BCUT2D eigenvalue weighted by Gasteiger charge is -2.05. The molecule has 1 aromatic rings. The Balaban J connectivity index is 3.11. The summed E-state index contributed by atoms with van der Waals surface area (Å²) in [4.78, 5) is 7.10. The monoisotopic (exact) mass is 198 g/mol. The molecule has 0 unspecified atom stereocenters. The van der Waals surface area contributed by atoms with E-state index in [4.69, 9.17) is 11.1 Å². The Morgan fingerprint density at radius 3 is 2.54 bits per heavy atom. The molecule has 0 bridgehead atoms. The molecule has 72 valence electrons. The average Bonchev–Trinajstić information content (AvgIpc) is 2.47. The van der Waals surface area contributed by atoms with E-state index in [1.165, 1.54) is 11.3 Å². The number of anilines is 1. The molecule has 0 saturated heterocycles. The topological polar surface area (TPSA) is 66.0 Å². The largest absolute Gasteiger partial charge is 0.383 e. The number of aromatic nitrogens is 1. The number of hydrogen-bond acceptors (Lipinski definition) is 4. The standard InChI is InChI=1S/C8H14N4S/c1-4-5-6(7(9)10)13-8(11-5)12(2)3/h4H2,1-3H3,(H3,9,10). The van der Waals surface area contributed by atoms with E-state index in [1.54, 1.807) is 0 Å². The quantitative estimate of drug-likeness (QED) is 0.563. The number of nitrogens with zero attached hydrogens (tertiary/aromatic N) is 2. The van der Waals surface area contributed by atoms with Gasteiger partial charge in [-0.3, -0.25) is 5.41 Å². The second-order valence-electron chi connectivity index (χ2n) is 2.93. The average molecular weight is 198 g/mol. The minimum absolute atomic E-state index is 0.113. The van der Waals surface area contributed by atoms with Crippen LogP contribution in [0, 0.1) is 5.41 Å². The summed E-state index contributed by atoms with van der Waals surface area (Å²) >= 11 is 1.47. The van der Waals surface area contributed by atoms with E-state index in [-0.39, 0.29) is 5.84 Å². The van der Waals surface area contributed by atoms with E-state index in [1.807, 2.05) is 25.9 Å². The van der Waals surface area contributed by atoms with Gasteiger partial charge in [0, 0.05) is 14.1 Å². The van der Waals surface area contributed by atoms with Gasteiger partial charge in [-0.1, -0.05) is 18.3 Å². The van der Waals surface area contributed by atoms with Crippen molar-refractivity contribution >= 4 is 22.3 Å².